The molecule has 3 heterocycles. The van der Waals surface area contributed by atoms with E-state index in [1.807, 2.05) is 20.9 Å². The van der Waals surface area contributed by atoms with Crippen molar-refractivity contribution in [3.8, 4) is 11.4 Å². The van der Waals surface area contributed by atoms with Gasteiger partial charge in [-0.25, -0.2) is 9.07 Å². The predicted octanol–water partition coefficient (Wildman–Crippen LogP) is 1.77. The quantitative estimate of drug-likeness (QED) is 0.662. The van der Waals surface area contributed by atoms with Gasteiger partial charge >= 0.3 is 0 Å². The molecule has 1 saturated heterocycles. The summed E-state index contributed by atoms with van der Waals surface area (Å²) in [5.41, 5.74) is 2.73. The summed E-state index contributed by atoms with van der Waals surface area (Å²) in [4.78, 5) is 27.0. The van der Waals surface area contributed by atoms with Gasteiger partial charge in [-0.1, -0.05) is 6.07 Å². The summed E-state index contributed by atoms with van der Waals surface area (Å²) in [5.74, 6) is -1.53. The van der Waals surface area contributed by atoms with Crippen LogP contribution in [0.25, 0.3) is 5.69 Å². The van der Waals surface area contributed by atoms with E-state index in [1.165, 1.54) is 29.1 Å². The smallest absolute Gasteiger partial charge is 0.275 e. The monoisotopic (exact) mass is 426 g/mol. The Morgan fingerprint density at radius 2 is 2.00 bits per heavy atom. The van der Waals surface area contributed by atoms with Crippen molar-refractivity contribution in [1.82, 2.24) is 29.8 Å². The molecule has 3 aromatic rings. The summed E-state index contributed by atoms with van der Waals surface area (Å²) in [7, 11) is 3.52. The first-order chi connectivity index (χ1) is 14.7. The number of rotatable bonds is 4. The fourth-order valence-corrected chi connectivity index (χ4v) is 4.13. The maximum absolute atomic E-state index is 13.5. The fourth-order valence-electron chi connectivity index (χ4n) is 4.13. The van der Waals surface area contributed by atoms with Gasteiger partial charge in [-0.2, -0.15) is 10.2 Å². The second kappa shape index (κ2) is 7.53. The minimum absolute atomic E-state index is 0.104. The summed E-state index contributed by atoms with van der Waals surface area (Å²) in [5, 5.41) is 21.6. The Bertz CT molecular complexity index is 1180. The lowest BCUT2D eigenvalue weighted by atomic mass is 9.98. The summed E-state index contributed by atoms with van der Waals surface area (Å²) < 4.78 is 16.5. The number of aromatic nitrogens is 4. The van der Waals surface area contributed by atoms with Crippen LogP contribution in [0.15, 0.2) is 30.5 Å². The third-order valence-corrected chi connectivity index (χ3v) is 5.75. The average molecular weight is 426 g/mol. The van der Waals surface area contributed by atoms with Crippen molar-refractivity contribution in [2.24, 2.45) is 7.05 Å². The van der Waals surface area contributed by atoms with Gasteiger partial charge in [-0.3, -0.25) is 14.3 Å². The zero-order chi connectivity index (χ0) is 22.4. The molecule has 31 heavy (non-hydrogen) atoms. The van der Waals surface area contributed by atoms with E-state index in [4.69, 9.17) is 0 Å². The molecule has 4 rings (SSSR count). The molecule has 2 atom stereocenters. The first kappa shape index (κ1) is 20.6. The number of nitrogens with one attached hydrogen (secondary N) is 1. The number of aryl methyl sites for hydroxylation is 2. The number of hydrogen-bond donors (Lipinski definition) is 2. The average Bonchev–Trinajstić information content (AvgIpc) is 3.31. The number of carbonyl (C=O) groups excluding carboxylic acids is 2. The summed E-state index contributed by atoms with van der Waals surface area (Å²) in [6, 6.07) is 4.72. The minimum Gasteiger partial charge on any atom is -0.504 e. The van der Waals surface area contributed by atoms with Gasteiger partial charge in [0.25, 0.3) is 5.91 Å². The molecule has 9 nitrogen and oxygen atoms in total. The van der Waals surface area contributed by atoms with Crippen LogP contribution < -0.4 is 5.32 Å². The van der Waals surface area contributed by atoms with Gasteiger partial charge in [-0.05, 0) is 32.0 Å². The van der Waals surface area contributed by atoms with Gasteiger partial charge in [-0.15, -0.1) is 0 Å². The molecule has 2 amide bonds. The highest BCUT2D eigenvalue weighted by atomic mass is 19.1. The summed E-state index contributed by atoms with van der Waals surface area (Å²) in [6.45, 7) is 3.78. The molecule has 1 aliphatic heterocycles. The van der Waals surface area contributed by atoms with E-state index in [9.17, 15) is 19.1 Å². The van der Waals surface area contributed by atoms with Crippen LogP contribution in [-0.4, -0.2) is 54.5 Å². The molecule has 2 N–H and O–H groups in total. The second-order valence-electron chi connectivity index (χ2n) is 7.73. The number of hydrogen-bond acceptors (Lipinski definition) is 5. The normalized spacial score (nSPS) is 18.6. The van der Waals surface area contributed by atoms with Crippen LogP contribution in [0.2, 0.25) is 0 Å². The lowest BCUT2D eigenvalue weighted by molar-refractivity contribution is -0.127. The summed E-state index contributed by atoms with van der Waals surface area (Å²) in [6.07, 6.45) is 1.36. The second-order valence-corrected chi connectivity index (χ2v) is 7.73. The van der Waals surface area contributed by atoms with Crippen molar-refractivity contribution in [3.63, 3.8) is 0 Å². The number of likely N-dealkylation sites (N-methyl/N-ethyl adjacent to an activating group) is 1. The molecule has 2 aromatic heterocycles. The number of aromatic hydroxyl groups is 1. The van der Waals surface area contributed by atoms with Gasteiger partial charge < -0.3 is 15.3 Å². The topological polar surface area (TPSA) is 105 Å². The van der Waals surface area contributed by atoms with Crippen LogP contribution in [-0.2, 0) is 11.8 Å². The maximum Gasteiger partial charge on any atom is 0.275 e. The largest absolute Gasteiger partial charge is 0.504 e. The lowest BCUT2D eigenvalue weighted by Gasteiger charge is -2.26. The number of benzene rings is 1. The van der Waals surface area contributed by atoms with Crippen LogP contribution in [0.5, 0.6) is 5.75 Å². The van der Waals surface area contributed by atoms with Gasteiger partial charge in [0.15, 0.2) is 11.4 Å². The van der Waals surface area contributed by atoms with Crippen LogP contribution in [0.4, 0.5) is 4.39 Å². The summed E-state index contributed by atoms with van der Waals surface area (Å²) >= 11 is 0. The zero-order valence-corrected chi connectivity index (χ0v) is 17.6. The molecule has 162 valence electrons. The number of amides is 2. The molecule has 0 saturated carbocycles. The molecule has 0 bridgehead atoms. The Labute approximate surface area is 178 Å². The van der Waals surface area contributed by atoms with Crippen LogP contribution in [0, 0.1) is 19.7 Å². The number of nitrogens with zero attached hydrogens (tertiary/aromatic N) is 5. The molecule has 10 heteroatoms. The van der Waals surface area contributed by atoms with Crippen molar-refractivity contribution >= 4 is 11.8 Å². The highest BCUT2D eigenvalue weighted by molar-refractivity contribution is 5.95. The number of likely N-dealkylation sites (tertiary alicyclic amines) is 1. The van der Waals surface area contributed by atoms with Gasteiger partial charge in [0, 0.05) is 31.8 Å². The SMILES string of the molecule is Cc1nn(C)c(C)c1[C@H]1[C@H](NC(=O)c2nn(-c3cccc(F)c3)cc2O)CC(=O)N1C. The van der Waals surface area contributed by atoms with Crippen LogP contribution in [0.3, 0.4) is 0 Å². The van der Waals surface area contributed by atoms with E-state index in [2.05, 4.69) is 15.5 Å². The third kappa shape index (κ3) is 3.54. The first-order valence-electron chi connectivity index (χ1n) is 9.78. The lowest BCUT2D eigenvalue weighted by Crippen LogP contribution is -2.39. The Balaban J connectivity index is 1.62. The van der Waals surface area contributed by atoms with Crippen LogP contribution in [0.1, 0.15) is 39.9 Å². The molecule has 0 spiro atoms. The van der Waals surface area contributed by atoms with Crippen molar-refractivity contribution in [1.29, 1.82) is 0 Å². The van der Waals surface area contributed by atoms with Crippen molar-refractivity contribution in [3.05, 3.63) is 58.9 Å². The van der Waals surface area contributed by atoms with E-state index in [0.29, 0.717) is 5.69 Å². The van der Waals surface area contributed by atoms with Crippen molar-refractivity contribution < 1.29 is 19.1 Å². The molecule has 0 radical (unpaired) electrons. The van der Waals surface area contributed by atoms with E-state index < -0.39 is 23.8 Å². The maximum atomic E-state index is 13.5. The third-order valence-electron chi connectivity index (χ3n) is 5.75. The van der Waals surface area contributed by atoms with E-state index >= 15 is 0 Å². The first-order valence-corrected chi connectivity index (χ1v) is 9.78. The zero-order valence-electron chi connectivity index (χ0n) is 17.6. The molecular weight excluding hydrogens is 403 g/mol. The van der Waals surface area contributed by atoms with E-state index in [-0.39, 0.29) is 23.8 Å². The minimum atomic E-state index is -0.620. The Morgan fingerprint density at radius 1 is 1.26 bits per heavy atom. The molecule has 0 aliphatic carbocycles. The number of carbonyl (C=O) groups is 2. The Morgan fingerprint density at radius 3 is 2.65 bits per heavy atom. The highest BCUT2D eigenvalue weighted by Crippen LogP contribution is 2.35. The Hall–Kier alpha value is -3.69. The van der Waals surface area contributed by atoms with Crippen LogP contribution >= 0.6 is 0 Å². The predicted molar refractivity (Wildman–Crippen MR) is 109 cm³/mol. The standard InChI is InChI=1S/C21H23FN6O3/c1-11-18(12(2)27(4)24-11)20-15(9-17(30)26(20)3)23-21(31)19-16(29)10-28(25-19)14-7-5-6-13(22)8-14/h5-8,10,15,20,29H,9H2,1-4H3,(H,23,31)/t15-,20-/m1/s1. The van der Waals surface area contributed by atoms with Gasteiger partial charge in [0.1, 0.15) is 5.82 Å². The van der Waals surface area contributed by atoms with Crippen molar-refractivity contribution in [2.75, 3.05) is 7.05 Å². The molecular formula is C21H23FN6O3. The fraction of sp³-hybridized carbons (Fsp3) is 0.333. The molecule has 1 aliphatic rings. The van der Waals surface area contributed by atoms with Gasteiger partial charge in [0.2, 0.25) is 5.91 Å². The van der Waals surface area contributed by atoms with Gasteiger partial charge in [0.05, 0.1) is 29.7 Å². The molecule has 1 fully saturated rings. The molecule has 0 unspecified atom stereocenters. The Kier molecular flexibility index (Phi) is 5.00. The molecule has 1 aromatic carbocycles. The van der Waals surface area contributed by atoms with Crippen molar-refractivity contribution in [2.45, 2.75) is 32.4 Å². The highest BCUT2D eigenvalue weighted by Gasteiger charge is 2.42. The number of halogens is 1. The van der Waals surface area contributed by atoms with E-state index in [1.54, 1.807) is 22.7 Å². The van der Waals surface area contributed by atoms with E-state index in [0.717, 1.165) is 17.0 Å².